The topological polar surface area (TPSA) is 73.3 Å². The van der Waals surface area contributed by atoms with Crippen molar-refractivity contribution in [2.24, 2.45) is 5.73 Å². The van der Waals surface area contributed by atoms with Gasteiger partial charge in [-0.1, -0.05) is 0 Å². The molecule has 1 amide bonds. The molecule has 0 unspecified atom stereocenters. The summed E-state index contributed by atoms with van der Waals surface area (Å²) in [5.74, 6) is -0.510. The molecule has 2 N–H and O–H groups in total. The van der Waals surface area contributed by atoms with Gasteiger partial charge in [0.25, 0.3) is 5.91 Å². The Morgan fingerprint density at radius 2 is 2.21 bits per heavy atom. The summed E-state index contributed by atoms with van der Waals surface area (Å²) in [6, 6.07) is 0. The minimum absolute atomic E-state index is 0.303. The molecule has 2 rings (SSSR count). The van der Waals surface area contributed by atoms with E-state index in [1.165, 1.54) is 0 Å². The highest BCUT2D eigenvalue weighted by Gasteiger charge is 2.12. The molecule has 0 aromatic carbocycles. The van der Waals surface area contributed by atoms with Crippen molar-refractivity contribution in [1.82, 2.24) is 14.4 Å². The summed E-state index contributed by atoms with van der Waals surface area (Å²) < 4.78 is 1.81. The van der Waals surface area contributed by atoms with Crippen molar-refractivity contribution in [2.45, 2.75) is 13.8 Å². The van der Waals surface area contributed by atoms with Crippen LogP contribution in [0.25, 0.3) is 5.65 Å². The summed E-state index contributed by atoms with van der Waals surface area (Å²) in [5.41, 5.74) is 7.74. The number of carbonyl (C=O) groups excluding carboxylic acids is 1. The van der Waals surface area contributed by atoms with Crippen molar-refractivity contribution >= 4 is 11.6 Å². The fourth-order valence-electron chi connectivity index (χ4n) is 1.40. The van der Waals surface area contributed by atoms with Crippen molar-refractivity contribution in [1.29, 1.82) is 0 Å². The summed E-state index contributed by atoms with van der Waals surface area (Å²) in [5, 5.41) is 0. The predicted molar refractivity (Wildman–Crippen MR) is 51.0 cm³/mol. The van der Waals surface area contributed by atoms with Gasteiger partial charge >= 0.3 is 0 Å². The first-order chi connectivity index (χ1) is 6.59. The van der Waals surface area contributed by atoms with E-state index in [-0.39, 0.29) is 0 Å². The van der Waals surface area contributed by atoms with Crippen LogP contribution in [0.5, 0.6) is 0 Å². The predicted octanol–water partition coefficient (Wildman–Crippen LogP) is 0.445. The fourth-order valence-corrected chi connectivity index (χ4v) is 1.40. The minimum atomic E-state index is -0.510. The smallest absolute Gasteiger partial charge is 0.269 e. The van der Waals surface area contributed by atoms with E-state index in [0.717, 1.165) is 11.4 Å². The third kappa shape index (κ3) is 1.14. The summed E-state index contributed by atoms with van der Waals surface area (Å²) in [6.45, 7) is 3.68. The number of fused-ring (bicyclic) bond motifs is 1. The molecule has 0 fully saturated rings. The number of hydrogen-bond donors (Lipinski definition) is 1. The molecule has 5 heteroatoms. The van der Waals surface area contributed by atoms with E-state index < -0.39 is 5.91 Å². The van der Waals surface area contributed by atoms with Crippen LogP contribution in [0.3, 0.4) is 0 Å². The minimum Gasteiger partial charge on any atom is -0.364 e. The second-order valence-corrected chi connectivity index (χ2v) is 3.17. The van der Waals surface area contributed by atoms with Gasteiger partial charge in [0.2, 0.25) is 0 Å². The summed E-state index contributed by atoms with van der Waals surface area (Å²) in [4.78, 5) is 19.2. The van der Waals surface area contributed by atoms with Gasteiger partial charge in [-0.25, -0.2) is 4.98 Å². The lowest BCUT2D eigenvalue weighted by atomic mass is 10.3. The summed E-state index contributed by atoms with van der Waals surface area (Å²) >= 11 is 0. The summed E-state index contributed by atoms with van der Waals surface area (Å²) in [6.07, 6.45) is 3.44. The molecule has 0 saturated heterocycles. The number of aromatic nitrogens is 3. The molecule has 2 heterocycles. The number of primary amides is 1. The molecule has 2 aromatic heterocycles. The van der Waals surface area contributed by atoms with Crippen LogP contribution in [0.1, 0.15) is 21.9 Å². The third-order valence-corrected chi connectivity index (χ3v) is 2.11. The molecule has 0 bridgehead atoms. The highest BCUT2D eigenvalue weighted by molar-refractivity contribution is 5.92. The Hall–Kier alpha value is -1.91. The van der Waals surface area contributed by atoms with Crippen molar-refractivity contribution in [3.8, 4) is 0 Å². The maximum Gasteiger partial charge on any atom is 0.269 e. The van der Waals surface area contributed by atoms with Gasteiger partial charge in [0.05, 0.1) is 17.6 Å². The van der Waals surface area contributed by atoms with Gasteiger partial charge in [-0.15, -0.1) is 0 Å². The maximum atomic E-state index is 11.0. The van der Waals surface area contributed by atoms with Gasteiger partial charge in [0.1, 0.15) is 5.69 Å². The van der Waals surface area contributed by atoms with E-state index in [1.54, 1.807) is 13.1 Å². The van der Waals surface area contributed by atoms with E-state index in [9.17, 15) is 4.79 Å². The number of aryl methyl sites for hydroxylation is 2. The van der Waals surface area contributed by atoms with Crippen LogP contribution in [0.4, 0.5) is 0 Å². The molecule has 0 aliphatic heterocycles. The summed E-state index contributed by atoms with van der Waals surface area (Å²) in [7, 11) is 0. The number of rotatable bonds is 1. The number of nitrogens with zero attached hydrogens (tertiary/aromatic N) is 3. The zero-order chi connectivity index (χ0) is 10.3. The SMILES string of the molecule is Cc1cn2c(C)c(C(N)=O)nc2cn1. The monoisotopic (exact) mass is 190 g/mol. The maximum absolute atomic E-state index is 11.0. The van der Waals surface area contributed by atoms with Crippen molar-refractivity contribution in [3.63, 3.8) is 0 Å². The zero-order valence-corrected chi connectivity index (χ0v) is 7.98. The van der Waals surface area contributed by atoms with Crippen molar-refractivity contribution < 1.29 is 4.79 Å². The van der Waals surface area contributed by atoms with E-state index in [2.05, 4.69) is 9.97 Å². The Morgan fingerprint density at radius 1 is 1.50 bits per heavy atom. The average Bonchev–Trinajstić information content (AvgIpc) is 2.44. The van der Waals surface area contributed by atoms with E-state index in [4.69, 9.17) is 5.73 Å². The van der Waals surface area contributed by atoms with E-state index in [1.807, 2.05) is 17.5 Å². The molecule has 0 aliphatic rings. The Bertz CT molecular complexity index is 515. The molecular formula is C9H10N4O. The Kier molecular flexibility index (Phi) is 1.73. The second kappa shape index (κ2) is 2.80. The first-order valence-corrected chi connectivity index (χ1v) is 4.20. The molecule has 5 nitrogen and oxygen atoms in total. The third-order valence-electron chi connectivity index (χ3n) is 2.11. The van der Waals surface area contributed by atoms with Gasteiger partial charge in [-0.05, 0) is 13.8 Å². The Morgan fingerprint density at radius 3 is 2.86 bits per heavy atom. The molecule has 72 valence electrons. The van der Waals surface area contributed by atoms with Gasteiger partial charge < -0.3 is 10.1 Å². The first kappa shape index (κ1) is 8.68. The van der Waals surface area contributed by atoms with Crippen molar-refractivity contribution in [3.05, 3.63) is 29.5 Å². The van der Waals surface area contributed by atoms with Gasteiger partial charge in [0.15, 0.2) is 5.65 Å². The quantitative estimate of drug-likeness (QED) is 0.709. The molecule has 0 atom stereocenters. The number of nitrogens with two attached hydrogens (primary N) is 1. The average molecular weight is 190 g/mol. The number of hydrogen-bond acceptors (Lipinski definition) is 3. The number of amides is 1. The normalized spacial score (nSPS) is 10.7. The molecular weight excluding hydrogens is 180 g/mol. The molecule has 0 spiro atoms. The van der Waals surface area contributed by atoms with Crippen LogP contribution in [0.2, 0.25) is 0 Å². The highest BCUT2D eigenvalue weighted by Crippen LogP contribution is 2.10. The molecule has 0 radical (unpaired) electrons. The lowest BCUT2D eigenvalue weighted by Gasteiger charge is -1.96. The zero-order valence-electron chi connectivity index (χ0n) is 7.98. The largest absolute Gasteiger partial charge is 0.364 e. The van der Waals surface area contributed by atoms with Gasteiger partial charge in [-0.2, -0.15) is 0 Å². The molecule has 14 heavy (non-hydrogen) atoms. The molecule has 0 aliphatic carbocycles. The van der Waals surface area contributed by atoms with Crippen molar-refractivity contribution in [2.75, 3.05) is 0 Å². The standard InChI is InChI=1S/C9H10N4O/c1-5-4-13-6(2)8(9(10)14)12-7(13)3-11-5/h3-4H,1-2H3,(H2,10,14). The van der Waals surface area contributed by atoms with E-state index in [0.29, 0.717) is 11.3 Å². The van der Waals surface area contributed by atoms with Crippen LogP contribution < -0.4 is 5.73 Å². The van der Waals surface area contributed by atoms with Crippen LogP contribution >= 0.6 is 0 Å². The highest BCUT2D eigenvalue weighted by atomic mass is 16.1. The number of carbonyl (C=O) groups is 1. The number of imidazole rings is 1. The lowest BCUT2D eigenvalue weighted by molar-refractivity contribution is 0.0995. The van der Waals surface area contributed by atoms with Gasteiger partial charge in [-0.3, -0.25) is 9.78 Å². The lowest BCUT2D eigenvalue weighted by Crippen LogP contribution is -2.12. The first-order valence-electron chi connectivity index (χ1n) is 4.20. The molecule has 0 saturated carbocycles. The van der Waals surface area contributed by atoms with Crippen LogP contribution in [-0.2, 0) is 0 Å². The van der Waals surface area contributed by atoms with Crippen LogP contribution in [0.15, 0.2) is 12.4 Å². The van der Waals surface area contributed by atoms with E-state index >= 15 is 0 Å². The van der Waals surface area contributed by atoms with Gasteiger partial charge in [0, 0.05) is 6.20 Å². The molecule has 2 aromatic rings. The Labute approximate surface area is 80.6 Å². The Balaban J connectivity index is 2.80. The van der Waals surface area contributed by atoms with Crippen LogP contribution in [-0.4, -0.2) is 20.3 Å². The second-order valence-electron chi connectivity index (χ2n) is 3.17. The van der Waals surface area contributed by atoms with Crippen LogP contribution in [0, 0.1) is 13.8 Å². The fraction of sp³-hybridized carbons (Fsp3) is 0.222.